The van der Waals surface area contributed by atoms with Gasteiger partial charge in [0.1, 0.15) is 24.7 Å². The molecule has 0 saturated heterocycles. The number of nitrogens with one attached hydrogen (secondary N) is 1. The summed E-state index contributed by atoms with van der Waals surface area (Å²) in [6, 6.07) is 10.5. The molecule has 1 N–H and O–H groups in total. The third-order valence-electron chi connectivity index (χ3n) is 4.12. The molecule has 0 aromatic heterocycles. The van der Waals surface area contributed by atoms with Crippen LogP contribution >= 0.6 is 11.6 Å². The van der Waals surface area contributed by atoms with E-state index in [-0.39, 0.29) is 18.8 Å². The lowest BCUT2D eigenvalue weighted by molar-refractivity contribution is -0.119. The van der Waals surface area contributed by atoms with Crippen molar-refractivity contribution in [3.05, 3.63) is 52.5 Å². The van der Waals surface area contributed by atoms with Crippen molar-refractivity contribution in [1.29, 1.82) is 0 Å². The number of anilines is 1. The molecule has 2 rings (SSSR count). The first-order valence-electron chi connectivity index (χ1n) is 8.90. The van der Waals surface area contributed by atoms with E-state index in [0.717, 1.165) is 27.4 Å². The van der Waals surface area contributed by atoms with Crippen molar-refractivity contribution >= 4 is 33.2 Å². The van der Waals surface area contributed by atoms with Crippen LogP contribution in [0.15, 0.2) is 36.4 Å². The number of carbonyl (C=O) groups is 1. The largest absolute Gasteiger partial charge is 0.495 e. The van der Waals surface area contributed by atoms with E-state index < -0.39 is 22.5 Å². The lowest BCUT2D eigenvalue weighted by atomic mass is 10.1. The fraction of sp³-hybridized carbons (Fsp3) is 0.350. The third-order valence-corrected chi connectivity index (χ3v) is 5.48. The van der Waals surface area contributed by atoms with E-state index in [1.165, 1.54) is 13.2 Å². The first-order chi connectivity index (χ1) is 13.6. The van der Waals surface area contributed by atoms with E-state index in [1.54, 1.807) is 12.1 Å². The molecule has 29 heavy (non-hydrogen) atoms. The molecule has 158 valence electrons. The van der Waals surface area contributed by atoms with Gasteiger partial charge in [0.05, 0.1) is 25.6 Å². The van der Waals surface area contributed by atoms with Gasteiger partial charge in [0.15, 0.2) is 0 Å². The minimum absolute atomic E-state index is 0.198. The van der Waals surface area contributed by atoms with Gasteiger partial charge in [-0.1, -0.05) is 23.7 Å². The topological polar surface area (TPSA) is 84.9 Å². The van der Waals surface area contributed by atoms with Crippen LogP contribution in [0, 0.1) is 13.8 Å². The van der Waals surface area contributed by atoms with E-state index in [2.05, 4.69) is 5.32 Å². The van der Waals surface area contributed by atoms with E-state index in [4.69, 9.17) is 21.1 Å². The van der Waals surface area contributed by atoms with Gasteiger partial charge in [-0.2, -0.15) is 0 Å². The van der Waals surface area contributed by atoms with Crippen LogP contribution in [0.2, 0.25) is 5.02 Å². The predicted octanol–water partition coefficient (Wildman–Crippen LogP) is 2.93. The Morgan fingerprint density at radius 2 is 1.86 bits per heavy atom. The zero-order valence-corrected chi connectivity index (χ0v) is 18.4. The Balaban J connectivity index is 2.01. The van der Waals surface area contributed by atoms with Crippen LogP contribution in [-0.4, -0.2) is 47.4 Å². The summed E-state index contributed by atoms with van der Waals surface area (Å²) >= 11 is 5.99. The van der Waals surface area contributed by atoms with Crippen molar-refractivity contribution in [2.24, 2.45) is 0 Å². The summed E-state index contributed by atoms with van der Waals surface area (Å²) in [6.45, 7) is 4.00. The first-order valence-corrected chi connectivity index (χ1v) is 11.1. The van der Waals surface area contributed by atoms with Crippen LogP contribution in [0.4, 0.5) is 5.69 Å². The number of carbonyl (C=O) groups excluding carboxylic acids is 1. The lowest BCUT2D eigenvalue weighted by Crippen LogP contribution is -2.41. The number of nitrogens with zero attached hydrogens (tertiary/aromatic N) is 1. The van der Waals surface area contributed by atoms with Gasteiger partial charge in [0.2, 0.25) is 15.9 Å². The summed E-state index contributed by atoms with van der Waals surface area (Å²) in [4.78, 5) is 12.3. The summed E-state index contributed by atoms with van der Waals surface area (Å²) < 4.78 is 36.4. The smallest absolute Gasteiger partial charge is 0.240 e. The second kappa shape index (κ2) is 9.84. The molecule has 0 spiro atoms. The van der Waals surface area contributed by atoms with Crippen molar-refractivity contribution in [3.63, 3.8) is 0 Å². The molecule has 0 aliphatic heterocycles. The average molecular weight is 441 g/mol. The van der Waals surface area contributed by atoms with Crippen molar-refractivity contribution < 1.29 is 22.7 Å². The fourth-order valence-corrected chi connectivity index (χ4v) is 3.66. The molecule has 0 bridgehead atoms. The Hall–Kier alpha value is -2.45. The Morgan fingerprint density at radius 1 is 1.14 bits per heavy atom. The molecule has 0 atom stereocenters. The molecule has 1 amide bonds. The second-order valence-electron chi connectivity index (χ2n) is 6.55. The maximum absolute atomic E-state index is 12.3. The molecule has 0 heterocycles. The number of hydrogen-bond acceptors (Lipinski definition) is 5. The summed E-state index contributed by atoms with van der Waals surface area (Å²) in [6.07, 6.45) is 1.02. The minimum atomic E-state index is -3.74. The molecule has 2 aromatic carbocycles. The van der Waals surface area contributed by atoms with Gasteiger partial charge in [-0.25, -0.2) is 8.42 Å². The van der Waals surface area contributed by atoms with E-state index >= 15 is 0 Å². The maximum Gasteiger partial charge on any atom is 0.240 e. The molecule has 9 heteroatoms. The number of halogens is 1. The third kappa shape index (κ3) is 6.54. The molecular formula is C20H25ClN2O5S. The lowest BCUT2D eigenvalue weighted by Gasteiger charge is -2.24. The van der Waals surface area contributed by atoms with Gasteiger partial charge >= 0.3 is 0 Å². The van der Waals surface area contributed by atoms with Crippen molar-refractivity contribution in [1.82, 2.24) is 5.32 Å². The highest BCUT2D eigenvalue weighted by Gasteiger charge is 2.24. The SMILES string of the molecule is COc1ccc(Cl)cc1N(CC(=O)NCCOc1cc(C)ccc1C)S(C)(=O)=O. The molecule has 7 nitrogen and oxygen atoms in total. The second-order valence-corrected chi connectivity index (χ2v) is 8.90. The highest BCUT2D eigenvalue weighted by Crippen LogP contribution is 2.32. The van der Waals surface area contributed by atoms with Gasteiger partial charge in [-0.15, -0.1) is 0 Å². The number of hydrogen-bond donors (Lipinski definition) is 1. The standard InChI is InChI=1S/C20H25ClN2O5S/c1-14-5-6-15(2)19(11-14)28-10-9-22-20(24)13-23(29(4,25)26)17-12-16(21)7-8-18(17)27-3/h5-8,11-12H,9-10,13H2,1-4H3,(H,22,24). The number of sulfonamides is 1. The average Bonchev–Trinajstić information content (AvgIpc) is 2.65. The first kappa shape index (κ1) is 22.8. The highest BCUT2D eigenvalue weighted by atomic mass is 35.5. The van der Waals surface area contributed by atoms with Crippen LogP contribution in [0.1, 0.15) is 11.1 Å². The van der Waals surface area contributed by atoms with Gasteiger partial charge in [-0.3, -0.25) is 9.10 Å². The van der Waals surface area contributed by atoms with Crippen LogP contribution in [0.25, 0.3) is 0 Å². The zero-order chi connectivity index (χ0) is 21.6. The number of benzene rings is 2. The Morgan fingerprint density at radius 3 is 2.52 bits per heavy atom. The fourth-order valence-electron chi connectivity index (χ4n) is 2.64. The predicted molar refractivity (Wildman–Crippen MR) is 115 cm³/mol. The molecule has 0 unspecified atom stereocenters. The Bertz CT molecular complexity index is 979. The normalized spacial score (nSPS) is 11.1. The molecular weight excluding hydrogens is 416 g/mol. The maximum atomic E-state index is 12.3. The number of ether oxygens (including phenoxy) is 2. The summed E-state index contributed by atoms with van der Waals surface area (Å²) in [7, 11) is -2.33. The van der Waals surface area contributed by atoms with Gasteiger partial charge in [-0.05, 0) is 49.2 Å². The minimum Gasteiger partial charge on any atom is -0.495 e. The number of aryl methyl sites for hydroxylation is 2. The summed E-state index contributed by atoms with van der Waals surface area (Å²) in [5.74, 6) is 0.577. The quantitative estimate of drug-likeness (QED) is 0.606. The number of methoxy groups -OCH3 is 1. The van der Waals surface area contributed by atoms with E-state index in [9.17, 15) is 13.2 Å². The van der Waals surface area contributed by atoms with Crippen molar-refractivity contribution in [2.75, 3.05) is 37.4 Å². The van der Waals surface area contributed by atoms with Crippen LogP contribution < -0.4 is 19.1 Å². The monoisotopic (exact) mass is 440 g/mol. The van der Waals surface area contributed by atoms with E-state index in [1.807, 2.05) is 32.0 Å². The molecule has 0 saturated carbocycles. The van der Waals surface area contributed by atoms with Crippen molar-refractivity contribution in [3.8, 4) is 11.5 Å². The molecule has 2 aromatic rings. The summed E-state index contributed by atoms with van der Waals surface area (Å²) in [5, 5.41) is 3.00. The Labute approximate surface area is 176 Å². The van der Waals surface area contributed by atoms with Crippen LogP contribution in [0.5, 0.6) is 11.5 Å². The Kier molecular flexibility index (Phi) is 7.75. The summed E-state index contributed by atoms with van der Waals surface area (Å²) in [5.41, 5.74) is 2.27. The van der Waals surface area contributed by atoms with Crippen LogP contribution in [-0.2, 0) is 14.8 Å². The van der Waals surface area contributed by atoms with Crippen LogP contribution in [0.3, 0.4) is 0 Å². The molecule has 0 fully saturated rings. The van der Waals surface area contributed by atoms with E-state index in [0.29, 0.717) is 10.8 Å². The highest BCUT2D eigenvalue weighted by molar-refractivity contribution is 7.92. The van der Waals surface area contributed by atoms with Crippen molar-refractivity contribution in [2.45, 2.75) is 13.8 Å². The zero-order valence-electron chi connectivity index (χ0n) is 16.9. The molecule has 0 radical (unpaired) electrons. The van der Waals surface area contributed by atoms with Gasteiger partial charge in [0.25, 0.3) is 0 Å². The molecule has 0 aliphatic rings. The number of rotatable bonds is 9. The number of amides is 1. The van der Waals surface area contributed by atoms with Gasteiger partial charge < -0.3 is 14.8 Å². The van der Waals surface area contributed by atoms with Gasteiger partial charge in [0, 0.05) is 5.02 Å². The molecule has 0 aliphatic carbocycles.